The van der Waals surface area contributed by atoms with Gasteiger partial charge in [0.15, 0.2) is 17.0 Å². The molecule has 0 bridgehead atoms. The number of ether oxygens (including phenoxy) is 1. The van der Waals surface area contributed by atoms with E-state index in [1.54, 1.807) is 0 Å². The van der Waals surface area contributed by atoms with Gasteiger partial charge in [0.25, 0.3) is 5.12 Å². The molecule has 2 atom stereocenters. The van der Waals surface area contributed by atoms with Crippen LogP contribution in [0.2, 0.25) is 0 Å². The molecule has 2 unspecified atom stereocenters. The molecule has 28 heavy (non-hydrogen) atoms. The monoisotopic (exact) mass is 425 g/mol. The third kappa shape index (κ3) is 2.23. The SMILES string of the molecule is COc1c(F)ccc2c1C(C)(C)CC1(C(F)(F)F)C(=O)S(=O)(=O)N(C(=O)O)C21. The number of carboxylic acid groups (broad SMARTS) is 1. The Labute approximate surface area is 156 Å². The van der Waals surface area contributed by atoms with Gasteiger partial charge in [-0.05, 0) is 23.5 Å². The predicted octanol–water partition coefficient (Wildman–Crippen LogP) is 2.96. The molecule has 0 aromatic heterocycles. The van der Waals surface area contributed by atoms with Crippen LogP contribution in [0.25, 0.3) is 0 Å². The summed E-state index contributed by atoms with van der Waals surface area (Å²) in [6.07, 6.45) is -8.72. The summed E-state index contributed by atoms with van der Waals surface area (Å²) < 4.78 is 86.1. The summed E-state index contributed by atoms with van der Waals surface area (Å²) in [7, 11) is -4.40. The number of nitrogens with zero attached hydrogens (tertiary/aromatic N) is 1. The predicted molar refractivity (Wildman–Crippen MR) is 85.6 cm³/mol. The second-order valence-electron chi connectivity index (χ2n) is 7.35. The smallest absolute Gasteiger partial charge is 0.422 e. The van der Waals surface area contributed by atoms with E-state index in [1.165, 1.54) is 13.8 Å². The average Bonchev–Trinajstić information content (AvgIpc) is 2.72. The quantitative estimate of drug-likeness (QED) is 0.695. The molecule has 3 rings (SSSR count). The number of alkyl halides is 3. The molecular formula is C16H15F4NO6S. The number of hydrogen-bond acceptors (Lipinski definition) is 5. The Morgan fingerprint density at radius 2 is 1.89 bits per heavy atom. The molecule has 1 aliphatic heterocycles. The normalized spacial score (nSPS) is 27.9. The van der Waals surface area contributed by atoms with Crippen LogP contribution < -0.4 is 4.74 Å². The lowest BCUT2D eigenvalue weighted by Gasteiger charge is -2.47. The molecule has 1 N–H and O–H groups in total. The first-order valence-corrected chi connectivity index (χ1v) is 9.34. The molecule has 1 fully saturated rings. The van der Waals surface area contributed by atoms with Crippen LogP contribution in [0.1, 0.15) is 37.4 Å². The van der Waals surface area contributed by atoms with E-state index in [9.17, 15) is 40.7 Å². The number of hydrogen-bond donors (Lipinski definition) is 1. The highest BCUT2D eigenvalue weighted by Gasteiger charge is 2.79. The summed E-state index contributed by atoms with van der Waals surface area (Å²) in [5.74, 6) is -1.34. The van der Waals surface area contributed by atoms with Gasteiger partial charge in [-0.15, -0.1) is 0 Å². The van der Waals surface area contributed by atoms with Gasteiger partial charge in [-0.25, -0.2) is 9.18 Å². The van der Waals surface area contributed by atoms with Crippen LogP contribution in [-0.4, -0.2) is 42.3 Å². The van der Waals surface area contributed by atoms with Crippen molar-refractivity contribution in [3.8, 4) is 5.75 Å². The number of sulfonamides is 1. The van der Waals surface area contributed by atoms with Crippen LogP contribution in [0, 0.1) is 11.2 Å². The van der Waals surface area contributed by atoms with Crippen LogP contribution in [0.15, 0.2) is 12.1 Å². The van der Waals surface area contributed by atoms with E-state index in [1.807, 2.05) is 0 Å². The molecule has 1 aromatic rings. The zero-order valence-electron chi connectivity index (χ0n) is 14.8. The molecule has 7 nitrogen and oxygen atoms in total. The van der Waals surface area contributed by atoms with E-state index < -0.39 is 72.1 Å². The van der Waals surface area contributed by atoms with E-state index in [2.05, 4.69) is 0 Å². The van der Waals surface area contributed by atoms with Gasteiger partial charge in [0, 0.05) is 5.56 Å². The molecule has 12 heteroatoms. The summed E-state index contributed by atoms with van der Waals surface area (Å²) in [6, 6.07) is -0.807. The van der Waals surface area contributed by atoms with Gasteiger partial charge in [0.2, 0.25) is 0 Å². The zero-order valence-corrected chi connectivity index (χ0v) is 15.6. The molecule has 0 spiro atoms. The van der Waals surface area contributed by atoms with Gasteiger partial charge in [0.1, 0.15) is 0 Å². The van der Waals surface area contributed by atoms with E-state index >= 15 is 0 Å². The third-order valence-corrected chi connectivity index (χ3v) is 7.01. The fraction of sp³-hybridized carbons (Fsp3) is 0.500. The zero-order chi connectivity index (χ0) is 21.4. The van der Waals surface area contributed by atoms with Crippen LogP contribution in [0.3, 0.4) is 0 Å². The van der Waals surface area contributed by atoms with Crippen molar-refractivity contribution in [1.29, 1.82) is 0 Å². The highest BCUT2D eigenvalue weighted by atomic mass is 32.2. The number of halogens is 4. The first-order chi connectivity index (χ1) is 12.6. The second kappa shape index (κ2) is 5.58. The summed E-state index contributed by atoms with van der Waals surface area (Å²) in [6.45, 7) is 2.56. The minimum Gasteiger partial charge on any atom is -0.493 e. The van der Waals surface area contributed by atoms with Crippen molar-refractivity contribution in [3.05, 3.63) is 29.1 Å². The summed E-state index contributed by atoms with van der Waals surface area (Å²) in [5.41, 5.74) is -5.64. The van der Waals surface area contributed by atoms with E-state index in [-0.39, 0.29) is 5.56 Å². The van der Waals surface area contributed by atoms with Crippen molar-refractivity contribution in [1.82, 2.24) is 4.31 Å². The minimum atomic E-state index is -5.47. The molecule has 154 valence electrons. The van der Waals surface area contributed by atoms with Crippen molar-refractivity contribution in [2.75, 3.05) is 7.11 Å². The van der Waals surface area contributed by atoms with E-state index in [4.69, 9.17) is 4.74 Å². The fourth-order valence-electron chi connectivity index (χ4n) is 4.40. The Kier molecular flexibility index (Phi) is 4.06. The standard InChI is InChI=1S/C16H15F4NO6S/c1-14(2)6-15(16(18,19)20)11(21(13(23)24)28(25,26)12(15)22)7-4-5-8(17)10(27-3)9(7)14/h4-5,11H,6H2,1-3H3,(H,23,24). The second-order valence-corrected chi connectivity index (χ2v) is 9.06. The Morgan fingerprint density at radius 1 is 1.32 bits per heavy atom. The van der Waals surface area contributed by atoms with Crippen LogP contribution in [0.4, 0.5) is 22.4 Å². The summed E-state index contributed by atoms with van der Waals surface area (Å²) in [4.78, 5) is 24.1. The van der Waals surface area contributed by atoms with Gasteiger partial charge in [-0.1, -0.05) is 19.9 Å². The molecule has 2 aliphatic rings. The van der Waals surface area contributed by atoms with E-state index in [0.29, 0.717) is 0 Å². The van der Waals surface area contributed by atoms with Crippen molar-refractivity contribution < 1.29 is 45.4 Å². The number of benzene rings is 1. The number of carbonyl (C=O) groups excluding carboxylic acids is 1. The Hall–Kier alpha value is -2.37. The van der Waals surface area contributed by atoms with Crippen molar-refractivity contribution in [2.45, 2.75) is 37.9 Å². The topological polar surface area (TPSA) is 101 Å². The molecule has 0 saturated carbocycles. The molecule has 0 radical (unpaired) electrons. The Balaban J connectivity index is 2.53. The van der Waals surface area contributed by atoms with Crippen molar-refractivity contribution >= 4 is 21.2 Å². The van der Waals surface area contributed by atoms with Gasteiger partial charge in [-0.3, -0.25) is 4.79 Å². The van der Waals surface area contributed by atoms with Gasteiger partial charge < -0.3 is 9.84 Å². The molecular weight excluding hydrogens is 410 g/mol. The molecule has 1 aromatic carbocycles. The Bertz CT molecular complexity index is 1000. The lowest BCUT2D eigenvalue weighted by molar-refractivity contribution is -0.234. The number of fused-ring (bicyclic) bond motifs is 3. The van der Waals surface area contributed by atoms with Gasteiger partial charge in [0.05, 0.1) is 13.2 Å². The Morgan fingerprint density at radius 3 is 2.36 bits per heavy atom. The fourth-order valence-corrected chi connectivity index (χ4v) is 6.11. The van der Waals surface area contributed by atoms with Crippen molar-refractivity contribution in [3.63, 3.8) is 0 Å². The van der Waals surface area contributed by atoms with Gasteiger partial charge in [-0.2, -0.15) is 25.9 Å². The first kappa shape index (κ1) is 20.4. The summed E-state index contributed by atoms with van der Waals surface area (Å²) in [5, 5.41) is 7.11. The van der Waals surface area contributed by atoms with Crippen LogP contribution >= 0.6 is 0 Å². The maximum Gasteiger partial charge on any atom is 0.422 e. The van der Waals surface area contributed by atoms with Gasteiger partial charge >= 0.3 is 22.3 Å². The highest BCUT2D eigenvalue weighted by molar-refractivity contribution is 8.05. The first-order valence-electron chi connectivity index (χ1n) is 7.90. The van der Waals surface area contributed by atoms with Crippen LogP contribution in [-0.2, 0) is 20.2 Å². The molecule has 1 aliphatic carbocycles. The summed E-state index contributed by atoms with van der Waals surface area (Å²) >= 11 is 0. The van der Waals surface area contributed by atoms with Crippen LogP contribution in [0.5, 0.6) is 5.75 Å². The number of amides is 1. The minimum absolute atomic E-state index is 0.115. The molecule has 1 heterocycles. The largest absolute Gasteiger partial charge is 0.493 e. The lowest BCUT2D eigenvalue weighted by Crippen LogP contribution is -2.54. The number of methoxy groups -OCH3 is 1. The highest BCUT2D eigenvalue weighted by Crippen LogP contribution is 2.66. The third-order valence-electron chi connectivity index (χ3n) is 5.29. The maximum absolute atomic E-state index is 14.2. The average molecular weight is 425 g/mol. The lowest BCUT2D eigenvalue weighted by atomic mass is 9.58. The number of carbonyl (C=O) groups is 2. The molecule has 1 amide bonds. The van der Waals surface area contributed by atoms with E-state index in [0.717, 1.165) is 19.2 Å². The maximum atomic E-state index is 14.2. The number of rotatable bonds is 1. The molecule has 1 saturated heterocycles. The van der Waals surface area contributed by atoms with Crippen molar-refractivity contribution in [2.24, 2.45) is 5.41 Å².